The van der Waals surface area contributed by atoms with E-state index in [0.29, 0.717) is 12.3 Å². The van der Waals surface area contributed by atoms with Crippen molar-refractivity contribution in [1.82, 2.24) is 10.1 Å². The van der Waals surface area contributed by atoms with E-state index in [-0.39, 0.29) is 31.4 Å². The number of hydrogen-bond donors (Lipinski definition) is 1. The molecule has 0 aliphatic carbocycles. The zero-order chi connectivity index (χ0) is 12.7. The van der Waals surface area contributed by atoms with E-state index in [0.717, 1.165) is 0 Å². The molecular formula is C11H16N2O4. The number of ether oxygens (including phenoxy) is 1. The molecule has 1 heterocycles. The smallest absolute Gasteiger partial charge is 0.276 e. The van der Waals surface area contributed by atoms with E-state index >= 15 is 0 Å². The second-order valence-corrected chi connectivity index (χ2v) is 3.37. The Bertz CT molecular complexity index is 375. The van der Waals surface area contributed by atoms with Crippen LogP contribution in [0.15, 0.2) is 23.2 Å². The van der Waals surface area contributed by atoms with Crippen LogP contribution in [0.2, 0.25) is 0 Å². The first kappa shape index (κ1) is 13.4. The summed E-state index contributed by atoms with van der Waals surface area (Å²) >= 11 is 0. The Labute approximate surface area is 99.5 Å². The van der Waals surface area contributed by atoms with Gasteiger partial charge in [0.05, 0.1) is 6.61 Å². The van der Waals surface area contributed by atoms with E-state index in [1.807, 2.05) is 0 Å². The Hall–Kier alpha value is -1.66. The van der Waals surface area contributed by atoms with Crippen molar-refractivity contribution in [2.45, 2.75) is 6.61 Å². The van der Waals surface area contributed by atoms with Gasteiger partial charge in [0.1, 0.15) is 6.61 Å². The van der Waals surface area contributed by atoms with Gasteiger partial charge in [-0.3, -0.25) is 4.79 Å². The van der Waals surface area contributed by atoms with Gasteiger partial charge < -0.3 is 19.3 Å². The molecule has 0 atom stereocenters. The molecule has 1 amide bonds. The number of carbonyl (C=O) groups excluding carboxylic acids is 1. The van der Waals surface area contributed by atoms with Gasteiger partial charge in [-0.25, -0.2) is 0 Å². The summed E-state index contributed by atoms with van der Waals surface area (Å²) in [5.41, 5.74) is 0.201. The van der Waals surface area contributed by atoms with Crippen LogP contribution < -0.4 is 0 Å². The molecule has 94 valence electrons. The average molecular weight is 240 g/mol. The van der Waals surface area contributed by atoms with Gasteiger partial charge in [-0.05, 0) is 0 Å². The number of rotatable bonds is 7. The van der Waals surface area contributed by atoms with Crippen molar-refractivity contribution in [2.24, 2.45) is 0 Å². The molecule has 1 aromatic rings. The SMILES string of the molecule is C=CCN(CCO)C(=O)c1cc(COC)on1. The molecule has 0 fully saturated rings. The molecule has 0 saturated heterocycles. The van der Waals surface area contributed by atoms with Gasteiger partial charge >= 0.3 is 0 Å². The molecule has 0 spiro atoms. The van der Waals surface area contributed by atoms with Crippen molar-refractivity contribution in [2.75, 3.05) is 26.8 Å². The summed E-state index contributed by atoms with van der Waals surface area (Å²) in [4.78, 5) is 13.4. The van der Waals surface area contributed by atoms with Crippen LogP contribution in [0.25, 0.3) is 0 Å². The number of hydrogen-bond acceptors (Lipinski definition) is 5. The fourth-order valence-corrected chi connectivity index (χ4v) is 1.34. The van der Waals surface area contributed by atoms with Crippen LogP contribution >= 0.6 is 0 Å². The number of aliphatic hydroxyl groups is 1. The molecule has 1 aromatic heterocycles. The highest BCUT2D eigenvalue weighted by Crippen LogP contribution is 2.08. The van der Waals surface area contributed by atoms with Crippen LogP contribution in [0.4, 0.5) is 0 Å². The molecule has 6 heteroatoms. The first-order valence-electron chi connectivity index (χ1n) is 5.18. The van der Waals surface area contributed by atoms with E-state index in [9.17, 15) is 4.79 Å². The Balaban J connectivity index is 2.73. The van der Waals surface area contributed by atoms with Crippen molar-refractivity contribution < 1.29 is 19.2 Å². The van der Waals surface area contributed by atoms with Crippen molar-refractivity contribution in [1.29, 1.82) is 0 Å². The quantitative estimate of drug-likeness (QED) is 0.700. The van der Waals surface area contributed by atoms with E-state index in [1.165, 1.54) is 18.1 Å². The number of methoxy groups -OCH3 is 1. The predicted octanol–water partition coefficient (Wildman–Crippen LogP) is 0.442. The third-order valence-electron chi connectivity index (χ3n) is 2.07. The summed E-state index contributed by atoms with van der Waals surface area (Å²) in [5, 5.41) is 12.5. The maximum atomic E-state index is 11.9. The molecular weight excluding hydrogens is 224 g/mol. The maximum absolute atomic E-state index is 11.9. The van der Waals surface area contributed by atoms with Gasteiger partial charge in [0.2, 0.25) is 0 Å². The molecule has 0 aliphatic heterocycles. The summed E-state index contributed by atoms with van der Waals surface area (Å²) in [7, 11) is 1.53. The number of carbonyl (C=O) groups is 1. The minimum Gasteiger partial charge on any atom is -0.395 e. The summed E-state index contributed by atoms with van der Waals surface area (Å²) in [6.45, 7) is 4.30. The van der Waals surface area contributed by atoms with Gasteiger partial charge in [0.25, 0.3) is 5.91 Å². The first-order chi connectivity index (χ1) is 8.22. The van der Waals surface area contributed by atoms with Gasteiger partial charge in [0, 0.05) is 26.3 Å². The van der Waals surface area contributed by atoms with Crippen molar-refractivity contribution in [3.8, 4) is 0 Å². The topological polar surface area (TPSA) is 75.8 Å². The van der Waals surface area contributed by atoms with E-state index in [2.05, 4.69) is 11.7 Å². The second-order valence-electron chi connectivity index (χ2n) is 3.37. The molecule has 1 N–H and O–H groups in total. The molecule has 0 bridgehead atoms. The number of aliphatic hydroxyl groups excluding tert-OH is 1. The van der Waals surface area contributed by atoms with Crippen molar-refractivity contribution >= 4 is 5.91 Å². The third kappa shape index (κ3) is 3.69. The lowest BCUT2D eigenvalue weighted by molar-refractivity contribution is 0.0732. The number of nitrogens with zero attached hydrogens (tertiary/aromatic N) is 2. The summed E-state index contributed by atoms with van der Waals surface area (Å²) < 4.78 is 9.78. The summed E-state index contributed by atoms with van der Waals surface area (Å²) in [6, 6.07) is 1.53. The maximum Gasteiger partial charge on any atom is 0.276 e. The van der Waals surface area contributed by atoms with Crippen LogP contribution in [0.3, 0.4) is 0 Å². The Morgan fingerprint density at radius 3 is 3.12 bits per heavy atom. The predicted molar refractivity (Wildman–Crippen MR) is 60.4 cm³/mol. The molecule has 0 unspecified atom stereocenters. The van der Waals surface area contributed by atoms with Crippen LogP contribution in [0.5, 0.6) is 0 Å². The van der Waals surface area contributed by atoms with Crippen LogP contribution in [0, 0.1) is 0 Å². The van der Waals surface area contributed by atoms with E-state index in [1.54, 1.807) is 6.08 Å². The summed E-state index contributed by atoms with van der Waals surface area (Å²) in [6.07, 6.45) is 1.59. The normalized spacial score (nSPS) is 10.2. The molecule has 1 rings (SSSR count). The van der Waals surface area contributed by atoms with Gasteiger partial charge in [-0.15, -0.1) is 6.58 Å². The van der Waals surface area contributed by atoms with Gasteiger partial charge in [0.15, 0.2) is 11.5 Å². The van der Waals surface area contributed by atoms with Crippen LogP contribution in [0.1, 0.15) is 16.2 Å². The lowest BCUT2D eigenvalue weighted by Gasteiger charge is -2.17. The molecule has 0 saturated carbocycles. The number of aromatic nitrogens is 1. The standard InChI is InChI=1S/C11H16N2O4/c1-3-4-13(5-6-14)11(15)10-7-9(8-16-2)17-12-10/h3,7,14H,1,4-6,8H2,2H3. The third-order valence-corrected chi connectivity index (χ3v) is 2.07. The lowest BCUT2D eigenvalue weighted by atomic mass is 10.3. The Morgan fingerprint density at radius 1 is 1.76 bits per heavy atom. The zero-order valence-corrected chi connectivity index (χ0v) is 9.76. The van der Waals surface area contributed by atoms with E-state index < -0.39 is 0 Å². The van der Waals surface area contributed by atoms with E-state index in [4.69, 9.17) is 14.4 Å². The van der Waals surface area contributed by atoms with Gasteiger partial charge in [-0.2, -0.15) is 0 Å². The van der Waals surface area contributed by atoms with Crippen LogP contribution in [-0.2, 0) is 11.3 Å². The number of amides is 1. The molecule has 0 aromatic carbocycles. The largest absolute Gasteiger partial charge is 0.395 e. The summed E-state index contributed by atoms with van der Waals surface area (Å²) in [5.74, 6) is 0.184. The average Bonchev–Trinajstić information content (AvgIpc) is 2.77. The Morgan fingerprint density at radius 2 is 2.53 bits per heavy atom. The highest BCUT2D eigenvalue weighted by atomic mass is 16.5. The minimum absolute atomic E-state index is 0.109. The fourth-order valence-electron chi connectivity index (χ4n) is 1.34. The lowest BCUT2D eigenvalue weighted by Crippen LogP contribution is -2.33. The zero-order valence-electron chi connectivity index (χ0n) is 9.76. The molecule has 6 nitrogen and oxygen atoms in total. The van der Waals surface area contributed by atoms with Crippen LogP contribution in [-0.4, -0.2) is 47.9 Å². The molecule has 17 heavy (non-hydrogen) atoms. The van der Waals surface area contributed by atoms with Crippen molar-refractivity contribution in [3.05, 3.63) is 30.2 Å². The minimum atomic E-state index is -0.301. The fraction of sp³-hybridized carbons (Fsp3) is 0.455. The molecule has 0 aliphatic rings. The highest BCUT2D eigenvalue weighted by molar-refractivity contribution is 5.92. The second kappa shape index (κ2) is 6.82. The first-order valence-corrected chi connectivity index (χ1v) is 5.18. The highest BCUT2D eigenvalue weighted by Gasteiger charge is 2.18. The molecule has 0 radical (unpaired) electrons. The van der Waals surface area contributed by atoms with Crippen molar-refractivity contribution in [3.63, 3.8) is 0 Å². The monoisotopic (exact) mass is 240 g/mol. The van der Waals surface area contributed by atoms with Gasteiger partial charge in [-0.1, -0.05) is 11.2 Å². The Kier molecular flexibility index (Phi) is 5.38.